The molecule has 0 saturated heterocycles. The van der Waals surface area contributed by atoms with Gasteiger partial charge in [-0.2, -0.15) is 9.13 Å². The number of imidazole rings is 1. The van der Waals surface area contributed by atoms with Crippen molar-refractivity contribution in [2.45, 2.75) is 52.4 Å². The molecular weight excluding hydrogens is 601 g/mol. The summed E-state index contributed by atoms with van der Waals surface area (Å²) in [6.45, 7) is 13.6. The zero-order valence-corrected chi connectivity index (χ0v) is 29.0. The predicted octanol–water partition coefficient (Wildman–Crippen LogP) is 11.6. The summed E-state index contributed by atoms with van der Waals surface area (Å²) in [5, 5.41) is 2.39. The maximum absolute atomic E-state index is 6.66. The van der Waals surface area contributed by atoms with Crippen molar-refractivity contribution in [1.82, 2.24) is 18.7 Å². The smallest absolute Gasteiger partial charge is 0.168 e. The lowest BCUT2D eigenvalue weighted by atomic mass is 9.85. The number of pyridine rings is 1. The van der Waals surface area contributed by atoms with Gasteiger partial charge in [-0.15, -0.1) is 0 Å². The molecule has 0 N–H and O–H groups in total. The van der Waals surface area contributed by atoms with E-state index in [4.69, 9.17) is 9.72 Å². The van der Waals surface area contributed by atoms with Crippen molar-refractivity contribution in [2.24, 2.45) is 0 Å². The van der Waals surface area contributed by atoms with Crippen molar-refractivity contribution >= 4 is 32.8 Å². The van der Waals surface area contributed by atoms with Crippen LogP contribution in [-0.2, 0) is 10.8 Å². The van der Waals surface area contributed by atoms with Crippen LogP contribution in [0, 0.1) is 0 Å². The van der Waals surface area contributed by atoms with Crippen molar-refractivity contribution in [2.75, 3.05) is 0 Å². The van der Waals surface area contributed by atoms with Gasteiger partial charge in [0.15, 0.2) is 17.4 Å². The van der Waals surface area contributed by atoms with E-state index in [1.165, 1.54) is 27.4 Å². The van der Waals surface area contributed by atoms with Crippen molar-refractivity contribution in [3.8, 4) is 28.7 Å². The van der Waals surface area contributed by atoms with E-state index in [1.54, 1.807) is 0 Å². The Morgan fingerprint density at radius 1 is 0.551 bits per heavy atom. The first-order valence-electron chi connectivity index (χ1n) is 17.0. The van der Waals surface area contributed by atoms with Gasteiger partial charge in [-0.05, 0) is 76.6 Å². The average molecular weight is 642 g/mol. The van der Waals surface area contributed by atoms with Gasteiger partial charge in [0.05, 0.1) is 11.0 Å². The minimum absolute atomic E-state index is 0.00595. The molecule has 0 fully saturated rings. The van der Waals surface area contributed by atoms with E-state index in [-0.39, 0.29) is 10.8 Å². The maximum Gasteiger partial charge on any atom is 0.168 e. The standard InChI is InChI=1S/C44H41N4O/c1-43(2,3)30-24-25-45-41(26-30)48-40-28-34(22-23-35(40)36-18-13-19-37(42(36)48)44(4,5)6)49-33-17-12-16-32(27-33)47-29-46(31-14-8-7-9-15-31)38-20-10-11-21-39(38)47/h7-29H,1-6H3/q+1. The molecule has 3 aromatic heterocycles. The third-order valence-corrected chi connectivity index (χ3v) is 9.41. The molecule has 5 heteroatoms. The first-order valence-corrected chi connectivity index (χ1v) is 17.0. The molecular formula is C44H41N4O+. The van der Waals surface area contributed by atoms with Gasteiger partial charge in [-0.3, -0.25) is 4.57 Å². The number of benzene rings is 5. The number of hydrogen-bond acceptors (Lipinski definition) is 2. The molecule has 0 atom stereocenters. The van der Waals surface area contributed by atoms with E-state index in [0.29, 0.717) is 0 Å². The molecule has 3 heterocycles. The van der Waals surface area contributed by atoms with Crippen LogP contribution in [0.3, 0.4) is 0 Å². The number of fused-ring (bicyclic) bond motifs is 4. The van der Waals surface area contributed by atoms with Gasteiger partial charge in [0.2, 0.25) is 0 Å². The molecule has 8 rings (SSSR count). The second-order valence-corrected chi connectivity index (χ2v) is 14.9. The fourth-order valence-electron chi connectivity index (χ4n) is 6.90. The van der Waals surface area contributed by atoms with Gasteiger partial charge in [-0.25, -0.2) is 4.98 Å². The van der Waals surface area contributed by atoms with Crippen LogP contribution in [0.15, 0.2) is 140 Å². The minimum atomic E-state index is -0.0612. The van der Waals surface area contributed by atoms with E-state index < -0.39 is 0 Å². The number of ether oxygens (including phenoxy) is 1. The average Bonchev–Trinajstić information content (AvgIpc) is 3.64. The lowest BCUT2D eigenvalue weighted by molar-refractivity contribution is 0.483. The Balaban J connectivity index is 1.26. The van der Waals surface area contributed by atoms with Crippen LogP contribution >= 0.6 is 0 Å². The molecule has 0 radical (unpaired) electrons. The Labute approximate surface area is 287 Å². The van der Waals surface area contributed by atoms with E-state index in [9.17, 15) is 0 Å². The summed E-state index contributed by atoms with van der Waals surface area (Å²) in [5.74, 6) is 2.45. The third kappa shape index (κ3) is 5.45. The van der Waals surface area contributed by atoms with Gasteiger partial charge >= 0.3 is 0 Å². The molecule has 0 aliphatic rings. The third-order valence-electron chi connectivity index (χ3n) is 9.41. The van der Waals surface area contributed by atoms with Gasteiger partial charge in [0.25, 0.3) is 0 Å². The van der Waals surface area contributed by atoms with Crippen LogP contribution in [0.25, 0.3) is 50.0 Å². The highest BCUT2D eigenvalue weighted by atomic mass is 16.5. The molecule has 5 aromatic carbocycles. The highest BCUT2D eigenvalue weighted by molar-refractivity contribution is 6.10. The van der Waals surface area contributed by atoms with Crippen LogP contribution in [0.2, 0.25) is 0 Å². The van der Waals surface area contributed by atoms with Crippen LogP contribution in [0.4, 0.5) is 0 Å². The summed E-state index contributed by atoms with van der Waals surface area (Å²) in [6, 6.07) is 44.7. The normalized spacial score (nSPS) is 12.3. The molecule has 49 heavy (non-hydrogen) atoms. The maximum atomic E-state index is 6.66. The topological polar surface area (TPSA) is 36.9 Å². The summed E-state index contributed by atoms with van der Waals surface area (Å²) in [6.07, 6.45) is 4.08. The van der Waals surface area contributed by atoms with Crippen molar-refractivity contribution in [1.29, 1.82) is 0 Å². The largest absolute Gasteiger partial charge is 0.456 e. The Kier molecular flexibility index (Phi) is 7.18. The number of hydrogen-bond donors (Lipinski definition) is 0. The Morgan fingerprint density at radius 3 is 1.96 bits per heavy atom. The van der Waals surface area contributed by atoms with Crippen LogP contribution in [0.5, 0.6) is 11.5 Å². The lowest BCUT2D eigenvalue weighted by Gasteiger charge is -2.23. The second-order valence-electron chi connectivity index (χ2n) is 14.9. The highest BCUT2D eigenvalue weighted by Gasteiger charge is 2.24. The highest BCUT2D eigenvalue weighted by Crippen LogP contribution is 2.40. The molecule has 242 valence electrons. The zero-order valence-electron chi connectivity index (χ0n) is 29.0. The van der Waals surface area contributed by atoms with Crippen LogP contribution in [-0.4, -0.2) is 18.7 Å². The molecule has 0 saturated carbocycles. The minimum Gasteiger partial charge on any atom is -0.456 e. The lowest BCUT2D eigenvalue weighted by Crippen LogP contribution is -2.14. The molecule has 0 amide bonds. The van der Waals surface area contributed by atoms with E-state index in [1.807, 2.05) is 18.3 Å². The fraction of sp³-hybridized carbons (Fsp3) is 0.182. The van der Waals surface area contributed by atoms with Crippen molar-refractivity contribution < 1.29 is 4.74 Å². The molecule has 5 nitrogen and oxygen atoms in total. The fourth-order valence-corrected chi connectivity index (χ4v) is 6.90. The number of aromatic nitrogens is 4. The number of rotatable bonds is 5. The van der Waals surface area contributed by atoms with Gasteiger partial charge in [0, 0.05) is 41.2 Å². The predicted molar refractivity (Wildman–Crippen MR) is 203 cm³/mol. The molecule has 0 unspecified atom stereocenters. The van der Waals surface area contributed by atoms with Gasteiger partial charge in [0.1, 0.15) is 28.7 Å². The van der Waals surface area contributed by atoms with Gasteiger partial charge < -0.3 is 4.74 Å². The van der Waals surface area contributed by atoms with E-state index >= 15 is 0 Å². The number of nitrogens with zero attached hydrogens (tertiary/aromatic N) is 4. The SMILES string of the molecule is CC(C)(C)c1ccnc(-n2c3cc(Oc4cccc(-n5[cH+]n(-c6ccccc6)c6ccccc65)c4)ccc3c3cccc(C(C)(C)C)c32)c1. The zero-order chi connectivity index (χ0) is 33.9. The molecule has 0 aliphatic heterocycles. The monoisotopic (exact) mass is 641 g/mol. The van der Waals surface area contributed by atoms with E-state index in [0.717, 1.165) is 45.2 Å². The Hall–Kier alpha value is -5.68. The second kappa shape index (κ2) is 11.5. The van der Waals surface area contributed by atoms with E-state index in [2.05, 4.69) is 177 Å². The van der Waals surface area contributed by atoms with Crippen molar-refractivity contribution in [3.63, 3.8) is 0 Å². The summed E-state index contributed by atoms with van der Waals surface area (Å²) in [7, 11) is 0. The number of para-hydroxylation sites is 4. The summed E-state index contributed by atoms with van der Waals surface area (Å²) >= 11 is 0. The molecule has 0 aliphatic carbocycles. The quantitative estimate of drug-likeness (QED) is 0.175. The Bertz CT molecular complexity index is 2490. The first kappa shape index (κ1) is 30.6. The van der Waals surface area contributed by atoms with Crippen molar-refractivity contribution in [3.05, 3.63) is 151 Å². The Morgan fingerprint density at radius 2 is 1.22 bits per heavy atom. The molecule has 8 aromatic rings. The van der Waals surface area contributed by atoms with Crippen LogP contribution in [0.1, 0.15) is 52.7 Å². The summed E-state index contributed by atoms with van der Waals surface area (Å²) in [4.78, 5) is 4.94. The van der Waals surface area contributed by atoms with Crippen LogP contribution < -0.4 is 4.74 Å². The summed E-state index contributed by atoms with van der Waals surface area (Å²) < 4.78 is 13.4. The van der Waals surface area contributed by atoms with Gasteiger partial charge in [-0.1, -0.05) is 90.1 Å². The molecule has 0 bridgehead atoms. The first-order chi connectivity index (χ1) is 23.6. The summed E-state index contributed by atoms with van der Waals surface area (Å²) in [5.41, 5.74) is 9.12. The molecule has 0 spiro atoms.